The van der Waals surface area contributed by atoms with Crippen molar-refractivity contribution in [3.63, 3.8) is 0 Å². The SMILES string of the molecule is CCC[C@H](C)NC(=O)c1cn2c3c(cccc3c1=O)CCC2. The molecule has 0 fully saturated rings. The first-order valence-corrected chi connectivity index (χ1v) is 8.07. The first kappa shape index (κ1) is 14.8. The molecule has 0 bridgehead atoms. The molecule has 0 unspecified atom stereocenters. The summed E-state index contributed by atoms with van der Waals surface area (Å²) in [5.74, 6) is -0.257. The van der Waals surface area contributed by atoms with Gasteiger partial charge >= 0.3 is 0 Å². The predicted molar refractivity (Wildman–Crippen MR) is 88.4 cm³/mol. The number of hydrogen-bond donors (Lipinski definition) is 1. The number of aryl methyl sites for hydroxylation is 2. The molecular weight excluding hydrogens is 276 g/mol. The van der Waals surface area contributed by atoms with Gasteiger partial charge in [0.15, 0.2) is 0 Å². The van der Waals surface area contributed by atoms with Crippen molar-refractivity contribution in [2.75, 3.05) is 0 Å². The Balaban J connectivity index is 2.07. The van der Waals surface area contributed by atoms with Crippen molar-refractivity contribution in [2.45, 2.75) is 52.1 Å². The van der Waals surface area contributed by atoms with Gasteiger partial charge in [-0.15, -0.1) is 0 Å². The molecule has 1 aromatic heterocycles. The maximum Gasteiger partial charge on any atom is 0.256 e. The summed E-state index contributed by atoms with van der Waals surface area (Å²) in [5, 5.41) is 3.59. The number of nitrogens with zero attached hydrogens (tertiary/aromatic N) is 1. The standard InChI is InChI=1S/C18H22N2O2/c1-3-6-12(2)19-18(22)15-11-20-10-5-8-13-7-4-9-14(16(13)20)17(15)21/h4,7,9,11-12H,3,5-6,8,10H2,1-2H3,(H,19,22)/t12-/m0/s1. The Bertz CT molecular complexity index is 776. The van der Waals surface area contributed by atoms with Crippen LogP contribution in [0, 0.1) is 0 Å². The Hall–Kier alpha value is -2.10. The number of rotatable bonds is 4. The van der Waals surface area contributed by atoms with E-state index in [2.05, 4.69) is 22.9 Å². The van der Waals surface area contributed by atoms with E-state index in [1.54, 1.807) is 6.20 Å². The van der Waals surface area contributed by atoms with Crippen LogP contribution in [0.15, 0.2) is 29.2 Å². The number of carbonyl (C=O) groups is 1. The lowest BCUT2D eigenvalue weighted by Gasteiger charge is -2.21. The van der Waals surface area contributed by atoms with Gasteiger partial charge in [0.2, 0.25) is 5.43 Å². The minimum atomic E-state index is -0.257. The molecule has 0 aliphatic carbocycles. The third-order valence-corrected chi connectivity index (χ3v) is 4.37. The number of nitrogens with one attached hydrogen (secondary N) is 1. The summed E-state index contributed by atoms with van der Waals surface area (Å²) >= 11 is 0. The van der Waals surface area contributed by atoms with Gasteiger partial charge in [-0.05, 0) is 37.8 Å². The van der Waals surface area contributed by atoms with Gasteiger partial charge in [0.1, 0.15) is 5.56 Å². The Morgan fingerprint density at radius 1 is 1.41 bits per heavy atom. The van der Waals surface area contributed by atoms with E-state index < -0.39 is 0 Å². The highest BCUT2D eigenvalue weighted by molar-refractivity contribution is 5.98. The predicted octanol–water partition coefficient (Wildman–Crippen LogP) is 2.87. The lowest BCUT2D eigenvalue weighted by molar-refractivity contribution is 0.0936. The summed E-state index contributed by atoms with van der Waals surface area (Å²) in [6, 6.07) is 5.89. The molecule has 4 heteroatoms. The van der Waals surface area contributed by atoms with Crippen LogP contribution in [0.25, 0.3) is 10.9 Å². The van der Waals surface area contributed by atoms with Gasteiger partial charge in [-0.2, -0.15) is 0 Å². The second-order valence-electron chi connectivity index (χ2n) is 6.15. The number of amides is 1. The van der Waals surface area contributed by atoms with Crippen molar-refractivity contribution in [3.05, 3.63) is 45.7 Å². The van der Waals surface area contributed by atoms with Gasteiger partial charge < -0.3 is 9.88 Å². The van der Waals surface area contributed by atoms with Crippen molar-refractivity contribution in [1.82, 2.24) is 9.88 Å². The molecule has 1 aliphatic rings. The highest BCUT2D eigenvalue weighted by atomic mass is 16.2. The van der Waals surface area contributed by atoms with Crippen LogP contribution in [0.2, 0.25) is 0 Å². The van der Waals surface area contributed by atoms with E-state index in [4.69, 9.17) is 0 Å². The van der Waals surface area contributed by atoms with Gasteiger partial charge in [-0.25, -0.2) is 0 Å². The topological polar surface area (TPSA) is 51.1 Å². The average Bonchev–Trinajstić information content (AvgIpc) is 2.51. The van der Waals surface area contributed by atoms with E-state index >= 15 is 0 Å². The second kappa shape index (κ2) is 5.95. The lowest BCUT2D eigenvalue weighted by Crippen LogP contribution is -2.36. The lowest BCUT2D eigenvalue weighted by atomic mass is 9.99. The summed E-state index contributed by atoms with van der Waals surface area (Å²) < 4.78 is 2.06. The molecule has 4 nitrogen and oxygen atoms in total. The van der Waals surface area contributed by atoms with E-state index in [0.29, 0.717) is 5.39 Å². The first-order chi connectivity index (χ1) is 10.6. The van der Waals surface area contributed by atoms with Crippen LogP contribution in [0.4, 0.5) is 0 Å². The maximum atomic E-state index is 12.7. The molecule has 1 atom stereocenters. The van der Waals surface area contributed by atoms with Crippen LogP contribution in [0.3, 0.4) is 0 Å². The molecule has 1 N–H and O–H groups in total. The molecule has 22 heavy (non-hydrogen) atoms. The van der Waals surface area contributed by atoms with Crippen LogP contribution in [0.1, 0.15) is 49.0 Å². The molecule has 116 valence electrons. The average molecular weight is 298 g/mol. The van der Waals surface area contributed by atoms with Crippen molar-refractivity contribution in [2.24, 2.45) is 0 Å². The number of hydrogen-bond acceptors (Lipinski definition) is 2. The molecular formula is C18H22N2O2. The van der Waals surface area contributed by atoms with Crippen LogP contribution < -0.4 is 10.7 Å². The molecule has 1 amide bonds. The maximum absolute atomic E-state index is 12.7. The van der Waals surface area contributed by atoms with Crippen molar-refractivity contribution < 1.29 is 4.79 Å². The van der Waals surface area contributed by atoms with Crippen molar-refractivity contribution >= 4 is 16.8 Å². The van der Waals surface area contributed by atoms with E-state index in [1.165, 1.54) is 5.56 Å². The van der Waals surface area contributed by atoms with E-state index in [-0.39, 0.29) is 22.9 Å². The van der Waals surface area contributed by atoms with E-state index in [1.807, 2.05) is 19.1 Å². The molecule has 2 aromatic rings. The first-order valence-electron chi connectivity index (χ1n) is 8.07. The Morgan fingerprint density at radius 2 is 2.23 bits per heavy atom. The zero-order valence-electron chi connectivity index (χ0n) is 13.2. The smallest absolute Gasteiger partial charge is 0.256 e. The number of pyridine rings is 1. The Labute approximate surface area is 130 Å². The van der Waals surface area contributed by atoms with Crippen molar-refractivity contribution in [1.29, 1.82) is 0 Å². The highest BCUT2D eigenvalue weighted by Crippen LogP contribution is 2.23. The normalized spacial score (nSPS) is 14.8. The quantitative estimate of drug-likeness (QED) is 0.943. The molecule has 0 saturated heterocycles. The molecule has 3 rings (SSSR count). The molecule has 1 aliphatic heterocycles. The van der Waals surface area contributed by atoms with Crippen LogP contribution in [-0.4, -0.2) is 16.5 Å². The van der Waals surface area contributed by atoms with Crippen molar-refractivity contribution in [3.8, 4) is 0 Å². The fourth-order valence-electron chi connectivity index (χ4n) is 3.32. The number of para-hydroxylation sites is 1. The largest absolute Gasteiger partial charge is 0.349 e. The summed E-state index contributed by atoms with van der Waals surface area (Å²) in [6.07, 6.45) is 5.70. The van der Waals surface area contributed by atoms with Gasteiger partial charge in [-0.3, -0.25) is 9.59 Å². The molecule has 0 spiro atoms. The number of carbonyl (C=O) groups excluding carboxylic acids is 1. The summed E-state index contributed by atoms with van der Waals surface area (Å²) in [4.78, 5) is 25.1. The third kappa shape index (κ3) is 2.54. The van der Waals surface area contributed by atoms with Gasteiger partial charge in [0.25, 0.3) is 5.91 Å². The van der Waals surface area contributed by atoms with Crippen LogP contribution in [-0.2, 0) is 13.0 Å². The van der Waals surface area contributed by atoms with Crippen LogP contribution >= 0.6 is 0 Å². The van der Waals surface area contributed by atoms with Gasteiger partial charge in [-0.1, -0.05) is 25.5 Å². The van der Waals surface area contributed by atoms with Crippen LogP contribution in [0.5, 0.6) is 0 Å². The molecule has 0 saturated carbocycles. The zero-order chi connectivity index (χ0) is 15.7. The Kier molecular flexibility index (Phi) is 4.01. The molecule has 1 aromatic carbocycles. The number of aromatic nitrogens is 1. The number of benzene rings is 1. The Morgan fingerprint density at radius 3 is 3.00 bits per heavy atom. The summed E-state index contributed by atoms with van der Waals surface area (Å²) in [6.45, 7) is 4.92. The third-order valence-electron chi connectivity index (χ3n) is 4.37. The summed E-state index contributed by atoms with van der Waals surface area (Å²) in [5.41, 5.74) is 2.30. The second-order valence-corrected chi connectivity index (χ2v) is 6.15. The minimum Gasteiger partial charge on any atom is -0.349 e. The minimum absolute atomic E-state index is 0.0836. The monoisotopic (exact) mass is 298 g/mol. The highest BCUT2D eigenvalue weighted by Gasteiger charge is 2.19. The summed E-state index contributed by atoms with van der Waals surface area (Å²) in [7, 11) is 0. The zero-order valence-corrected chi connectivity index (χ0v) is 13.2. The van der Waals surface area contributed by atoms with E-state index in [9.17, 15) is 9.59 Å². The fraction of sp³-hybridized carbons (Fsp3) is 0.444. The van der Waals surface area contributed by atoms with E-state index in [0.717, 1.165) is 37.7 Å². The fourth-order valence-corrected chi connectivity index (χ4v) is 3.32. The van der Waals surface area contributed by atoms with Gasteiger partial charge in [0.05, 0.1) is 5.52 Å². The molecule has 0 radical (unpaired) electrons. The van der Waals surface area contributed by atoms with Gasteiger partial charge in [0, 0.05) is 24.2 Å². The molecule has 2 heterocycles.